The van der Waals surface area contributed by atoms with Crippen molar-refractivity contribution in [1.82, 2.24) is 0 Å². The highest BCUT2D eigenvalue weighted by atomic mass is 16.6. The van der Waals surface area contributed by atoms with E-state index in [0.29, 0.717) is 38.7 Å². The number of aliphatic hydroxyl groups excluding tert-OH is 1. The van der Waals surface area contributed by atoms with Gasteiger partial charge in [0.05, 0.1) is 24.7 Å². The summed E-state index contributed by atoms with van der Waals surface area (Å²) in [5.41, 5.74) is -0.934. The topological polar surface area (TPSA) is 119 Å². The standard InChI is InChI=1S/C32H42O8/c1-30-12-10-22(40-29(36)28(35)39-17-19-6-4-3-5-7-19)15-21(30)8-9-24-25(30)16-26(33)31(2)23(11-13-32(24,31)37)20-14-27(34)38-18-20/h3-7,20-26,33,37H,8-18H2,1-2H3/t20?,21-,22+,23-,24-,25+,26-,30+,31+,32+/m1/s1. The minimum atomic E-state index is -0.981. The van der Waals surface area contributed by atoms with Gasteiger partial charge in [-0.15, -0.1) is 0 Å². The first-order valence-electron chi connectivity index (χ1n) is 15.0. The fourth-order valence-electron chi connectivity index (χ4n) is 9.84. The molecule has 1 aliphatic heterocycles. The molecule has 1 aromatic carbocycles. The first-order chi connectivity index (χ1) is 19.1. The number of ether oxygens (including phenoxy) is 3. The third-order valence-corrected chi connectivity index (χ3v) is 12.1. The van der Waals surface area contributed by atoms with Crippen molar-refractivity contribution in [3.05, 3.63) is 35.9 Å². The summed E-state index contributed by atoms with van der Waals surface area (Å²) < 4.78 is 16.1. The molecule has 5 aliphatic rings. The largest absolute Gasteiger partial charge is 0.465 e. The zero-order valence-corrected chi connectivity index (χ0v) is 23.6. The molecule has 0 bridgehead atoms. The van der Waals surface area contributed by atoms with Gasteiger partial charge in [0.25, 0.3) is 0 Å². The van der Waals surface area contributed by atoms with Crippen molar-refractivity contribution < 1.29 is 38.8 Å². The van der Waals surface area contributed by atoms with Crippen LogP contribution in [0.5, 0.6) is 0 Å². The zero-order chi connectivity index (χ0) is 28.3. The van der Waals surface area contributed by atoms with Crippen LogP contribution in [0.1, 0.15) is 77.2 Å². The van der Waals surface area contributed by atoms with Crippen molar-refractivity contribution in [1.29, 1.82) is 0 Å². The van der Waals surface area contributed by atoms with Crippen LogP contribution < -0.4 is 0 Å². The normalized spacial score (nSPS) is 44.1. The van der Waals surface area contributed by atoms with Crippen molar-refractivity contribution in [3.63, 3.8) is 0 Å². The van der Waals surface area contributed by atoms with Gasteiger partial charge in [0.2, 0.25) is 0 Å². The Hall–Kier alpha value is -2.45. The van der Waals surface area contributed by atoms with E-state index in [0.717, 1.165) is 31.2 Å². The number of hydrogen-bond acceptors (Lipinski definition) is 8. The van der Waals surface area contributed by atoms with Crippen LogP contribution in [0.2, 0.25) is 0 Å². The van der Waals surface area contributed by atoms with Gasteiger partial charge < -0.3 is 24.4 Å². The Kier molecular flexibility index (Phi) is 7.01. The first-order valence-corrected chi connectivity index (χ1v) is 15.0. The Morgan fingerprint density at radius 2 is 1.75 bits per heavy atom. The smallest absolute Gasteiger partial charge is 0.417 e. The van der Waals surface area contributed by atoms with Gasteiger partial charge in [0, 0.05) is 11.3 Å². The average molecular weight is 555 g/mol. The molecule has 218 valence electrons. The number of cyclic esters (lactones) is 1. The molecule has 0 radical (unpaired) electrons. The van der Waals surface area contributed by atoms with Crippen molar-refractivity contribution in [2.75, 3.05) is 6.61 Å². The average Bonchev–Trinajstić information content (AvgIpc) is 3.49. The lowest BCUT2D eigenvalue weighted by molar-refractivity contribution is -0.251. The highest BCUT2D eigenvalue weighted by Crippen LogP contribution is 2.70. The lowest BCUT2D eigenvalue weighted by Gasteiger charge is -2.65. The molecule has 4 aliphatic carbocycles. The minimum Gasteiger partial charge on any atom is -0.465 e. The van der Waals surface area contributed by atoms with Crippen molar-refractivity contribution in [2.24, 2.45) is 40.4 Å². The molecule has 10 atom stereocenters. The lowest BCUT2D eigenvalue weighted by Crippen LogP contribution is -2.67. The van der Waals surface area contributed by atoms with Crippen LogP contribution in [0.25, 0.3) is 0 Å². The van der Waals surface area contributed by atoms with Crippen LogP contribution in [0.15, 0.2) is 30.3 Å². The van der Waals surface area contributed by atoms with Gasteiger partial charge in [-0.3, -0.25) is 4.79 Å². The maximum absolute atomic E-state index is 12.5. The molecule has 8 nitrogen and oxygen atoms in total. The van der Waals surface area contributed by atoms with Crippen molar-refractivity contribution in [3.8, 4) is 0 Å². The van der Waals surface area contributed by atoms with E-state index in [1.54, 1.807) is 0 Å². The van der Waals surface area contributed by atoms with E-state index in [1.807, 2.05) is 30.3 Å². The van der Waals surface area contributed by atoms with E-state index in [-0.39, 0.29) is 53.7 Å². The van der Waals surface area contributed by atoms with Gasteiger partial charge in [-0.2, -0.15) is 0 Å². The molecule has 8 heteroatoms. The summed E-state index contributed by atoms with van der Waals surface area (Å²) in [6, 6.07) is 9.22. The predicted octanol–water partition coefficient (Wildman–Crippen LogP) is 3.95. The molecule has 0 amide bonds. The van der Waals surface area contributed by atoms with Crippen LogP contribution in [0.3, 0.4) is 0 Å². The summed E-state index contributed by atoms with van der Waals surface area (Å²) in [6.45, 7) is 4.75. The Balaban J connectivity index is 1.11. The monoisotopic (exact) mass is 554 g/mol. The Labute approximate surface area is 235 Å². The van der Waals surface area contributed by atoms with Gasteiger partial charge in [-0.25, -0.2) is 9.59 Å². The Morgan fingerprint density at radius 3 is 2.48 bits per heavy atom. The second-order valence-corrected chi connectivity index (χ2v) is 13.6. The molecule has 1 aromatic rings. The number of esters is 3. The van der Waals surface area contributed by atoms with Crippen molar-refractivity contribution >= 4 is 17.9 Å². The van der Waals surface area contributed by atoms with E-state index in [1.165, 1.54) is 0 Å². The fourth-order valence-corrected chi connectivity index (χ4v) is 9.84. The number of aliphatic hydroxyl groups is 2. The predicted molar refractivity (Wildman–Crippen MR) is 143 cm³/mol. The third kappa shape index (κ3) is 4.28. The lowest BCUT2D eigenvalue weighted by atomic mass is 9.42. The number of carbonyl (C=O) groups excluding carboxylic acids is 3. The molecular weight excluding hydrogens is 512 g/mol. The van der Waals surface area contributed by atoms with Crippen molar-refractivity contribution in [2.45, 2.75) is 96.1 Å². The maximum Gasteiger partial charge on any atom is 0.417 e. The van der Waals surface area contributed by atoms with Gasteiger partial charge in [0.1, 0.15) is 12.7 Å². The molecule has 1 unspecified atom stereocenters. The number of fused-ring (bicyclic) bond motifs is 5. The van der Waals surface area contributed by atoms with E-state index in [9.17, 15) is 24.6 Å². The maximum atomic E-state index is 12.5. The minimum absolute atomic E-state index is 0.0261. The van der Waals surface area contributed by atoms with Gasteiger partial charge >= 0.3 is 17.9 Å². The second-order valence-electron chi connectivity index (χ2n) is 13.6. The molecule has 40 heavy (non-hydrogen) atoms. The van der Waals surface area contributed by atoms with Crippen LogP contribution in [0.4, 0.5) is 0 Å². The van der Waals surface area contributed by atoms with Crippen LogP contribution >= 0.6 is 0 Å². The number of carbonyl (C=O) groups is 3. The summed E-state index contributed by atoms with van der Waals surface area (Å²) >= 11 is 0. The van der Waals surface area contributed by atoms with E-state index < -0.39 is 29.1 Å². The van der Waals surface area contributed by atoms with E-state index in [4.69, 9.17) is 14.2 Å². The summed E-state index contributed by atoms with van der Waals surface area (Å²) in [6.07, 6.45) is 5.33. The zero-order valence-electron chi connectivity index (χ0n) is 23.6. The van der Waals surface area contributed by atoms with Gasteiger partial charge in [-0.05, 0) is 86.0 Å². The van der Waals surface area contributed by atoms with Crippen LogP contribution in [-0.4, -0.2) is 52.5 Å². The molecule has 2 N–H and O–H groups in total. The molecule has 4 saturated carbocycles. The molecule has 0 spiro atoms. The quantitative estimate of drug-likeness (QED) is 0.326. The number of rotatable bonds is 4. The van der Waals surface area contributed by atoms with E-state index >= 15 is 0 Å². The molecule has 5 fully saturated rings. The highest BCUT2D eigenvalue weighted by molar-refractivity contribution is 6.29. The summed E-state index contributed by atoms with van der Waals surface area (Å²) in [4.78, 5) is 36.7. The molecular formula is C32H42O8. The van der Waals surface area contributed by atoms with Gasteiger partial charge in [0.15, 0.2) is 0 Å². The first kappa shape index (κ1) is 27.7. The molecule has 1 heterocycles. The Morgan fingerprint density at radius 1 is 0.975 bits per heavy atom. The number of benzene rings is 1. The summed E-state index contributed by atoms with van der Waals surface area (Å²) in [5.74, 6) is -1.47. The summed E-state index contributed by atoms with van der Waals surface area (Å²) in [7, 11) is 0. The third-order valence-electron chi connectivity index (χ3n) is 12.1. The van der Waals surface area contributed by atoms with Gasteiger partial charge in [-0.1, -0.05) is 44.2 Å². The molecule has 0 aromatic heterocycles. The Bertz CT molecular complexity index is 1150. The SMILES string of the molecule is C[C@]12CC[C@H](OC(=O)C(=O)OCc3ccccc3)C[C@H]1CC[C@@H]1[C@@H]2C[C@@H](O)[C@]2(C)[C@@H](C3COC(=O)C3)CC[C@]12O. The highest BCUT2D eigenvalue weighted by Gasteiger charge is 2.71. The van der Waals surface area contributed by atoms with E-state index in [2.05, 4.69) is 13.8 Å². The summed E-state index contributed by atoms with van der Waals surface area (Å²) in [5, 5.41) is 24.1. The van der Waals surface area contributed by atoms with Crippen LogP contribution in [-0.2, 0) is 35.2 Å². The molecule has 1 saturated heterocycles. The number of hydrogen-bond donors (Lipinski definition) is 2. The second kappa shape index (κ2) is 10.1. The molecule has 6 rings (SSSR count). The van der Waals surface area contributed by atoms with Crippen LogP contribution in [0, 0.1) is 40.4 Å². The fraction of sp³-hybridized carbons (Fsp3) is 0.719.